The molecule has 2 unspecified atom stereocenters. The van der Waals surface area contributed by atoms with E-state index in [0.29, 0.717) is 4.20 Å². The summed E-state index contributed by atoms with van der Waals surface area (Å²) < 4.78 is 0.673. The van der Waals surface area contributed by atoms with Gasteiger partial charge in [0.2, 0.25) is 0 Å². The van der Waals surface area contributed by atoms with Crippen molar-refractivity contribution in [1.29, 1.82) is 0 Å². The molecule has 0 rings (SSSR count). The second-order valence-electron chi connectivity index (χ2n) is 9.96. The fourth-order valence-corrected chi connectivity index (χ4v) is 6.50. The molecular formula is C28H59As. The van der Waals surface area contributed by atoms with Crippen molar-refractivity contribution in [3.8, 4) is 0 Å². The molecule has 0 heterocycles. The van der Waals surface area contributed by atoms with Gasteiger partial charge in [0.25, 0.3) is 0 Å². The number of hydrogen-bond donors (Lipinski definition) is 0. The van der Waals surface area contributed by atoms with Gasteiger partial charge in [-0.05, 0) is 0 Å². The van der Waals surface area contributed by atoms with Crippen LogP contribution in [0.2, 0.25) is 4.20 Å². The van der Waals surface area contributed by atoms with Crippen LogP contribution in [-0.4, -0.2) is 16.9 Å². The minimum absolute atomic E-state index is 0.673. The van der Waals surface area contributed by atoms with E-state index in [4.69, 9.17) is 0 Å². The molecule has 1 heteroatoms. The average molecular weight is 471 g/mol. The summed E-state index contributed by atoms with van der Waals surface area (Å²) in [5.41, 5.74) is 0. The molecule has 0 aromatic heterocycles. The first kappa shape index (κ1) is 29.6. The van der Waals surface area contributed by atoms with E-state index in [1.807, 2.05) is 0 Å². The van der Waals surface area contributed by atoms with Gasteiger partial charge in [-0.15, -0.1) is 0 Å². The summed E-state index contributed by atoms with van der Waals surface area (Å²) in [6.45, 7) is 9.43. The molecule has 176 valence electrons. The number of unbranched alkanes of at least 4 members (excludes halogenated alkanes) is 14. The van der Waals surface area contributed by atoms with Gasteiger partial charge in [0, 0.05) is 0 Å². The monoisotopic (exact) mass is 470 g/mol. The second-order valence-corrected chi connectivity index (χ2v) is 12.4. The summed E-state index contributed by atoms with van der Waals surface area (Å²) in [6.07, 6.45) is 32.1. The van der Waals surface area contributed by atoms with Crippen LogP contribution in [0.3, 0.4) is 0 Å². The number of hydrogen-bond acceptors (Lipinski definition) is 0. The van der Waals surface area contributed by atoms with Crippen molar-refractivity contribution in [2.75, 3.05) is 0 Å². The predicted octanol–water partition coefficient (Wildman–Crippen LogP) is 10.1. The van der Waals surface area contributed by atoms with E-state index in [9.17, 15) is 0 Å². The van der Waals surface area contributed by atoms with Crippen molar-refractivity contribution in [2.45, 2.75) is 173 Å². The Bertz CT molecular complexity index is 303. The van der Waals surface area contributed by atoms with Crippen LogP contribution in [0.4, 0.5) is 0 Å². The topological polar surface area (TPSA) is 0 Å². The van der Waals surface area contributed by atoms with Gasteiger partial charge >= 0.3 is 170 Å². The van der Waals surface area contributed by atoms with Crippen LogP contribution in [0, 0.1) is 5.92 Å². The van der Waals surface area contributed by atoms with Crippen molar-refractivity contribution in [2.24, 2.45) is 5.92 Å². The molecule has 0 nitrogen and oxygen atoms in total. The van der Waals surface area contributed by atoms with E-state index >= 15 is 0 Å². The van der Waals surface area contributed by atoms with Gasteiger partial charge in [0.1, 0.15) is 0 Å². The van der Waals surface area contributed by atoms with E-state index in [1.165, 1.54) is 141 Å². The molecule has 0 aliphatic heterocycles. The Hall–Kier alpha value is 0.558. The summed E-state index contributed by atoms with van der Waals surface area (Å²) in [5.74, 6) is 1.00. The van der Waals surface area contributed by atoms with Crippen molar-refractivity contribution in [1.82, 2.24) is 0 Å². The summed E-state index contributed by atoms with van der Waals surface area (Å²) >= 11 is 2.10. The van der Waals surface area contributed by atoms with Crippen LogP contribution >= 0.6 is 0 Å². The molecule has 0 aliphatic carbocycles. The molecule has 0 aliphatic rings. The standard InChI is InChI=1S/C28H59As/c1-5-9-13-14-15-16-17-18-19-20-21-22-24-27(23-10-6-2)28(29,25-11-7-3)26-12-8-4/h27H,5-26,29H2,1-4H3. The quantitative estimate of drug-likeness (QED) is 0.103. The van der Waals surface area contributed by atoms with Crippen molar-refractivity contribution in [3.05, 3.63) is 0 Å². The molecule has 0 N–H and O–H groups in total. The van der Waals surface area contributed by atoms with Crippen LogP contribution in [0.1, 0.15) is 169 Å². The molecule has 0 aromatic rings. The average Bonchev–Trinajstić information content (AvgIpc) is 2.73. The van der Waals surface area contributed by atoms with E-state index in [-0.39, 0.29) is 0 Å². The molecule has 0 amide bonds. The fraction of sp³-hybridized carbons (Fsp3) is 1.00. The first-order chi connectivity index (χ1) is 14.1. The molecule has 0 saturated carbocycles. The van der Waals surface area contributed by atoms with Crippen LogP contribution in [0.25, 0.3) is 0 Å². The first-order valence-corrected chi connectivity index (χ1v) is 15.1. The molecule has 0 radical (unpaired) electrons. The molecule has 29 heavy (non-hydrogen) atoms. The van der Waals surface area contributed by atoms with Crippen molar-refractivity contribution in [3.63, 3.8) is 0 Å². The Balaban J connectivity index is 4.08. The minimum atomic E-state index is 0.673. The molecule has 0 spiro atoms. The van der Waals surface area contributed by atoms with E-state index < -0.39 is 0 Å². The van der Waals surface area contributed by atoms with Gasteiger partial charge in [0.15, 0.2) is 0 Å². The summed E-state index contributed by atoms with van der Waals surface area (Å²) in [6, 6.07) is 0. The maximum absolute atomic E-state index is 2.38. The summed E-state index contributed by atoms with van der Waals surface area (Å²) in [5, 5.41) is 0. The summed E-state index contributed by atoms with van der Waals surface area (Å²) in [4.78, 5) is 0. The molecule has 2 atom stereocenters. The molecule has 0 bridgehead atoms. The molecule has 0 fully saturated rings. The molecular weight excluding hydrogens is 411 g/mol. The zero-order valence-electron chi connectivity index (χ0n) is 21.2. The van der Waals surface area contributed by atoms with Crippen LogP contribution in [0.5, 0.6) is 0 Å². The zero-order chi connectivity index (χ0) is 21.6. The van der Waals surface area contributed by atoms with E-state index in [2.05, 4.69) is 44.5 Å². The van der Waals surface area contributed by atoms with Gasteiger partial charge in [-0.25, -0.2) is 0 Å². The predicted molar refractivity (Wildman–Crippen MR) is 139 cm³/mol. The Kier molecular flexibility index (Phi) is 22.2. The Morgan fingerprint density at radius 2 is 0.793 bits per heavy atom. The molecule has 0 aromatic carbocycles. The Morgan fingerprint density at radius 1 is 0.448 bits per heavy atom. The molecule has 0 saturated heterocycles. The Morgan fingerprint density at radius 3 is 1.21 bits per heavy atom. The summed E-state index contributed by atoms with van der Waals surface area (Å²) in [7, 11) is 0. The van der Waals surface area contributed by atoms with Crippen LogP contribution in [-0.2, 0) is 0 Å². The fourth-order valence-electron chi connectivity index (χ4n) is 4.95. The van der Waals surface area contributed by atoms with Gasteiger partial charge in [0.05, 0.1) is 0 Å². The van der Waals surface area contributed by atoms with Gasteiger partial charge in [-0.3, -0.25) is 0 Å². The van der Waals surface area contributed by atoms with Crippen LogP contribution < -0.4 is 0 Å². The second kappa shape index (κ2) is 21.8. The third kappa shape index (κ3) is 16.9. The third-order valence-corrected chi connectivity index (χ3v) is 9.32. The number of rotatable bonds is 23. The van der Waals surface area contributed by atoms with Gasteiger partial charge in [-0.2, -0.15) is 0 Å². The third-order valence-electron chi connectivity index (χ3n) is 7.12. The normalized spacial score (nSPS) is 13.1. The Labute approximate surface area is 195 Å². The van der Waals surface area contributed by atoms with Gasteiger partial charge in [-0.1, -0.05) is 26.2 Å². The van der Waals surface area contributed by atoms with E-state index in [0.717, 1.165) is 5.92 Å². The van der Waals surface area contributed by atoms with Crippen molar-refractivity contribution >= 4 is 16.9 Å². The first-order valence-electron chi connectivity index (χ1n) is 13.9. The SMILES string of the molecule is CCCCCCCCCCCCCCC(CCCC)C([AsH2])(CCCC)CCCC. The maximum atomic E-state index is 2.38. The van der Waals surface area contributed by atoms with Gasteiger partial charge < -0.3 is 0 Å². The van der Waals surface area contributed by atoms with E-state index in [1.54, 1.807) is 0 Å². The van der Waals surface area contributed by atoms with Crippen LogP contribution in [0.15, 0.2) is 0 Å². The van der Waals surface area contributed by atoms with Crippen molar-refractivity contribution < 1.29 is 0 Å². The zero-order valence-corrected chi connectivity index (χ0v) is 23.6.